The van der Waals surface area contributed by atoms with Crippen molar-refractivity contribution in [3.8, 4) is 6.07 Å². The van der Waals surface area contributed by atoms with Crippen LogP contribution in [0.2, 0.25) is 0 Å². The lowest BCUT2D eigenvalue weighted by atomic mass is 9.86. The molecule has 0 saturated carbocycles. The lowest BCUT2D eigenvalue weighted by Crippen LogP contribution is -2.51. The standard InChI is InChI=1S/C13H21N3O3/c1-3-13(4-2)9-10(5-8-19-13)16-12(18)11(17)15-7-6-14/h10H,3-5,7-9H2,1-2H3,(H,15,17)(H,16,18). The minimum atomic E-state index is -0.758. The molecule has 0 aromatic carbocycles. The van der Waals surface area contributed by atoms with Crippen LogP contribution >= 0.6 is 0 Å². The minimum Gasteiger partial charge on any atom is -0.375 e. The van der Waals surface area contributed by atoms with Gasteiger partial charge in [0, 0.05) is 12.6 Å². The molecule has 106 valence electrons. The van der Waals surface area contributed by atoms with Crippen molar-refractivity contribution in [1.82, 2.24) is 10.6 Å². The van der Waals surface area contributed by atoms with E-state index in [0.29, 0.717) is 13.0 Å². The van der Waals surface area contributed by atoms with E-state index in [9.17, 15) is 9.59 Å². The molecule has 6 heteroatoms. The fourth-order valence-corrected chi connectivity index (χ4v) is 2.34. The van der Waals surface area contributed by atoms with Crippen LogP contribution in [0.15, 0.2) is 0 Å². The lowest BCUT2D eigenvalue weighted by Gasteiger charge is -2.40. The van der Waals surface area contributed by atoms with Gasteiger partial charge in [-0.15, -0.1) is 0 Å². The molecule has 0 aliphatic carbocycles. The molecule has 19 heavy (non-hydrogen) atoms. The van der Waals surface area contributed by atoms with Crippen LogP contribution in [-0.2, 0) is 14.3 Å². The van der Waals surface area contributed by atoms with Gasteiger partial charge < -0.3 is 15.4 Å². The summed E-state index contributed by atoms with van der Waals surface area (Å²) in [4.78, 5) is 23.0. The highest BCUT2D eigenvalue weighted by Crippen LogP contribution is 2.31. The highest BCUT2D eigenvalue weighted by molar-refractivity contribution is 6.35. The number of amides is 2. The summed E-state index contributed by atoms with van der Waals surface area (Å²) < 4.78 is 5.81. The van der Waals surface area contributed by atoms with Gasteiger partial charge >= 0.3 is 11.8 Å². The molecule has 1 fully saturated rings. The Balaban J connectivity index is 2.51. The van der Waals surface area contributed by atoms with Crippen LogP contribution in [0.3, 0.4) is 0 Å². The van der Waals surface area contributed by atoms with Gasteiger partial charge in [-0.3, -0.25) is 9.59 Å². The molecule has 1 heterocycles. The van der Waals surface area contributed by atoms with Crippen LogP contribution in [0, 0.1) is 11.3 Å². The SMILES string of the molecule is CCC1(CC)CC(NC(=O)C(=O)NCC#N)CCO1. The van der Waals surface area contributed by atoms with E-state index in [4.69, 9.17) is 10.00 Å². The highest BCUT2D eigenvalue weighted by Gasteiger charge is 2.35. The third-order valence-corrected chi connectivity index (χ3v) is 3.65. The number of hydrogen-bond donors (Lipinski definition) is 2. The van der Waals surface area contributed by atoms with Crippen molar-refractivity contribution >= 4 is 11.8 Å². The second kappa shape index (κ2) is 7.10. The first kappa shape index (κ1) is 15.4. The Kier molecular flexibility index (Phi) is 5.77. The quantitative estimate of drug-likeness (QED) is 0.572. The largest absolute Gasteiger partial charge is 0.375 e. The van der Waals surface area contributed by atoms with Gasteiger partial charge in [0.05, 0.1) is 11.7 Å². The summed E-state index contributed by atoms with van der Waals surface area (Å²) in [6.07, 6.45) is 3.20. The van der Waals surface area contributed by atoms with Gasteiger partial charge in [0.15, 0.2) is 0 Å². The summed E-state index contributed by atoms with van der Waals surface area (Å²) in [6, 6.07) is 1.71. The number of carbonyl (C=O) groups excluding carboxylic acids is 2. The summed E-state index contributed by atoms with van der Waals surface area (Å²) in [6.45, 7) is 4.56. The summed E-state index contributed by atoms with van der Waals surface area (Å²) in [5.74, 6) is -1.44. The van der Waals surface area contributed by atoms with E-state index in [2.05, 4.69) is 24.5 Å². The van der Waals surface area contributed by atoms with Gasteiger partial charge in [-0.2, -0.15) is 5.26 Å². The first-order valence-electron chi connectivity index (χ1n) is 6.66. The van der Waals surface area contributed by atoms with Crippen molar-refractivity contribution in [3.05, 3.63) is 0 Å². The minimum absolute atomic E-state index is 0.0472. The normalized spacial score (nSPS) is 21.2. The third-order valence-electron chi connectivity index (χ3n) is 3.65. The Morgan fingerprint density at radius 1 is 1.37 bits per heavy atom. The predicted molar refractivity (Wildman–Crippen MR) is 69.1 cm³/mol. The molecule has 0 aromatic heterocycles. The number of nitrogens with zero attached hydrogens (tertiary/aromatic N) is 1. The maximum absolute atomic E-state index is 11.6. The second-order valence-electron chi connectivity index (χ2n) is 4.74. The van der Waals surface area contributed by atoms with E-state index in [0.717, 1.165) is 19.3 Å². The Bertz CT molecular complexity index is 372. The Labute approximate surface area is 113 Å². The molecule has 0 bridgehead atoms. The molecule has 1 atom stereocenters. The fraction of sp³-hybridized carbons (Fsp3) is 0.769. The fourth-order valence-electron chi connectivity index (χ4n) is 2.34. The number of rotatable bonds is 4. The van der Waals surface area contributed by atoms with Gasteiger partial charge in [-0.25, -0.2) is 0 Å². The molecule has 2 amide bonds. The molecule has 1 aliphatic rings. The van der Waals surface area contributed by atoms with Crippen molar-refractivity contribution in [2.45, 2.75) is 51.2 Å². The maximum Gasteiger partial charge on any atom is 0.310 e. The molecule has 6 nitrogen and oxygen atoms in total. The first-order chi connectivity index (χ1) is 9.06. The molecule has 1 unspecified atom stereocenters. The number of nitrogens with one attached hydrogen (secondary N) is 2. The van der Waals surface area contributed by atoms with E-state index < -0.39 is 11.8 Å². The van der Waals surface area contributed by atoms with Gasteiger partial charge in [0.25, 0.3) is 0 Å². The first-order valence-corrected chi connectivity index (χ1v) is 6.66. The summed E-state index contributed by atoms with van der Waals surface area (Å²) in [5.41, 5.74) is -0.195. The average Bonchev–Trinajstić information content (AvgIpc) is 2.44. The van der Waals surface area contributed by atoms with E-state index in [1.54, 1.807) is 6.07 Å². The lowest BCUT2D eigenvalue weighted by molar-refractivity contribution is -0.141. The molecule has 1 saturated heterocycles. The van der Waals surface area contributed by atoms with Crippen LogP contribution in [0.25, 0.3) is 0 Å². The summed E-state index contributed by atoms with van der Waals surface area (Å²) >= 11 is 0. The highest BCUT2D eigenvalue weighted by atomic mass is 16.5. The van der Waals surface area contributed by atoms with Gasteiger partial charge in [-0.05, 0) is 25.7 Å². The van der Waals surface area contributed by atoms with Crippen LogP contribution < -0.4 is 10.6 Å². The molecular formula is C13H21N3O3. The second-order valence-corrected chi connectivity index (χ2v) is 4.74. The van der Waals surface area contributed by atoms with E-state index in [1.165, 1.54) is 0 Å². The number of carbonyl (C=O) groups is 2. The van der Waals surface area contributed by atoms with Crippen molar-refractivity contribution in [3.63, 3.8) is 0 Å². The molecule has 0 radical (unpaired) electrons. The molecule has 1 aliphatic heterocycles. The predicted octanol–water partition coefficient (Wildman–Crippen LogP) is 0.480. The zero-order valence-corrected chi connectivity index (χ0v) is 11.5. The van der Waals surface area contributed by atoms with Crippen LogP contribution in [-0.4, -0.2) is 36.6 Å². The van der Waals surface area contributed by atoms with E-state index >= 15 is 0 Å². The van der Waals surface area contributed by atoms with Crippen LogP contribution in [0.1, 0.15) is 39.5 Å². The topological polar surface area (TPSA) is 91.2 Å². The Hall–Kier alpha value is -1.61. The Morgan fingerprint density at radius 3 is 2.63 bits per heavy atom. The Morgan fingerprint density at radius 2 is 2.05 bits per heavy atom. The van der Waals surface area contributed by atoms with Gasteiger partial charge in [-0.1, -0.05) is 13.8 Å². The average molecular weight is 267 g/mol. The third kappa shape index (κ3) is 4.21. The maximum atomic E-state index is 11.6. The van der Waals surface area contributed by atoms with Crippen LogP contribution in [0.5, 0.6) is 0 Å². The van der Waals surface area contributed by atoms with Crippen molar-refractivity contribution in [2.24, 2.45) is 0 Å². The number of hydrogen-bond acceptors (Lipinski definition) is 4. The zero-order valence-electron chi connectivity index (χ0n) is 11.5. The zero-order chi connectivity index (χ0) is 14.3. The number of ether oxygens (including phenoxy) is 1. The van der Waals surface area contributed by atoms with Crippen molar-refractivity contribution in [2.75, 3.05) is 13.2 Å². The van der Waals surface area contributed by atoms with Gasteiger partial charge in [0.1, 0.15) is 6.54 Å². The molecule has 2 N–H and O–H groups in total. The van der Waals surface area contributed by atoms with E-state index in [-0.39, 0.29) is 18.2 Å². The van der Waals surface area contributed by atoms with Crippen molar-refractivity contribution in [1.29, 1.82) is 5.26 Å². The monoisotopic (exact) mass is 267 g/mol. The van der Waals surface area contributed by atoms with Gasteiger partial charge in [0.2, 0.25) is 0 Å². The van der Waals surface area contributed by atoms with Crippen LogP contribution in [0.4, 0.5) is 0 Å². The molecule has 0 aromatic rings. The molecule has 1 rings (SSSR count). The number of nitriles is 1. The molecule has 0 spiro atoms. The van der Waals surface area contributed by atoms with E-state index in [1.807, 2.05) is 0 Å². The summed E-state index contributed by atoms with van der Waals surface area (Å²) in [7, 11) is 0. The van der Waals surface area contributed by atoms with Crippen molar-refractivity contribution < 1.29 is 14.3 Å². The molecular weight excluding hydrogens is 246 g/mol. The summed E-state index contributed by atoms with van der Waals surface area (Å²) in [5, 5.41) is 13.3. The smallest absolute Gasteiger partial charge is 0.310 e.